The molecule has 1 N–H and O–H groups in total. The molecule has 0 unspecified atom stereocenters. The lowest BCUT2D eigenvalue weighted by Crippen LogP contribution is -2.27. The second-order valence-electron chi connectivity index (χ2n) is 6.31. The number of hydrogen-bond acceptors (Lipinski definition) is 5. The van der Waals surface area contributed by atoms with Crippen LogP contribution >= 0.6 is 23.1 Å². The summed E-state index contributed by atoms with van der Waals surface area (Å²) >= 11 is 7.01. The largest absolute Gasteiger partial charge is 0.324 e. The summed E-state index contributed by atoms with van der Waals surface area (Å²) in [5.74, 6) is -0.339. The molecule has 2 heterocycles. The van der Waals surface area contributed by atoms with Crippen LogP contribution in [0.3, 0.4) is 0 Å². The summed E-state index contributed by atoms with van der Waals surface area (Å²) in [4.78, 5) is 29.5. The van der Waals surface area contributed by atoms with Gasteiger partial charge in [-0.2, -0.15) is 4.37 Å². The predicted octanol–water partition coefficient (Wildman–Crippen LogP) is 4.12. The van der Waals surface area contributed by atoms with Crippen molar-refractivity contribution in [1.29, 1.82) is 0 Å². The molecular weight excluding hydrogens is 396 g/mol. The van der Waals surface area contributed by atoms with Gasteiger partial charge in [-0.3, -0.25) is 14.2 Å². The third-order valence-electron chi connectivity index (χ3n) is 4.16. The van der Waals surface area contributed by atoms with E-state index >= 15 is 0 Å². The molecule has 0 atom stereocenters. The number of hydrogen-bond donors (Lipinski definition) is 1. The van der Waals surface area contributed by atoms with E-state index in [4.69, 9.17) is 11.6 Å². The Bertz CT molecular complexity index is 1250. The van der Waals surface area contributed by atoms with Gasteiger partial charge in [0.25, 0.3) is 5.56 Å². The van der Waals surface area contributed by atoms with Crippen molar-refractivity contribution in [2.45, 2.75) is 13.5 Å². The van der Waals surface area contributed by atoms with Crippen LogP contribution in [0.15, 0.2) is 59.7 Å². The number of nitrogens with one attached hydrogen (secondary N) is 1. The van der Waals surface area contributed by atoms with Gasteiger partial charge in [-0.25, -0.2) is 4.98 Å². The van der Waals surface area contributed by atoms with Crippen molar-refractivity contribution in [3.63, 3.8) is 0 Å². The Balaban J connectivity index is 1.62. The molecular formula is C20H15ClN4O2S. The Kier molecular flexibility index (Phi) is 4.93. The lowest BCUT2D eigenvalue weighted by atomic mass is 10.1. The lowest BCUT2D eigenvalue weighted by molar-refractivity contribution is -0.116. The minimum atomic E-state index is -0.339. The summed E-state index contributed by atoms with van der Waals surface area (Å²) in [6.07, 6.45) is 1.38. The normalized spacial score (nSPS) is 10.9. The second kappa shape index (κ2) is 7.53. The van der Waals surface area contributed by atoms with Crippen molar-refractivity contribution in [2.75, 3.05) is 5.32 Å². The summed E-state index contributed by atoms with van der Waals surface area (Å²) in [5, 5.41) is 3.24. The molecule has 0 spiro atoms. The Hall–Kier alpha value is -3.03. The van der Waals surface area contributed by atoms with E-state index in [9.17, 15) is 9.59 Å². The second-order valence-corrected chi connectivity index (χ2v) is 7.52. The summed E-state index contributed by atoms with van der Waals surface area (Å²) in [6, 6.07) is 14.7. The van der Waals surface area contributed by atoms with Crippen molar-refractivity contribution >= 4 is 44.9 Å². The topological polar surface area (TPSA) is 76.9 Å². The maximum atomic E-state index is 12.8. The number of amides is 1. The first-order valence-electron chi connectivity index (χ1n) is 8.48. The van der Waals surface area contributed by atoms with Crippen LogP contribution in [0.25, 0.3) is 21.5 Å². The van der Waals surface area contributed by atoms with Gasteiger partial charge >= 0.3 is 0 Å². The molecule has 0 aliphatic rings. The van der Waals surface area contributed by atoms with Gasteiger partial charge in [0.1, 0.15) is 22.5 Å². The van der Waals surface area contributed by atoms with Crippen molar-refractivity contribution in [1.82, 2.24) is 13.9 Å². The van der Waals surface area contributed by atoms with Crippen LogP contribution in [0, 0.1) is 6.92 Å². The lowest BCUT2D eigenvalue weighted by Gasteiger charge is -2.07. The Morgan fingerprint density at radius 1 is 1.21 bits per heavy atom. The van der Waals surface area contributed by atoms with E-state index in [-0.39, 0.29) is 18.0 Å². The molecule has 1 amide bonds. The average molecular weight is 411 g/mol. The monoisotopic (exact) mass is 410 g/mol. The number of halogens is 1. The molecule has 0 aliphatic carbocycles. The number of aromatic nitrogens is 3. The number of fused-ring (bicyclic) bond motifs is 1. The third kappa shape index (κ3) is 3.67. The average Bonchev–Trinajstić information content (AvgIpc) is 3.09. The molecule has 140 valence electrons. The first kappa shape index (κ1) is 18.3. The fraction of sp³-hybridized carbons (Fsp3) is 0.100. The number of carbonyl (C=O) groups excluding carboxylic acids is 1. The number of nitrogens with zero attached hydrogens (tertiary/aromatic N) is 3. The van der Waals surface area contributed by atoms with Crippen LogP contribution in [0.4, 0.5) is 5.69 Å². The Labute approximate surface area is 169 Å². The number of rotatable bonds is 4. The van der Waals surface area contributed by atoms with E-state index in [1.54, 1.807) is 24.3 Å². The Morgan fingerprint density at radius 2 is 2.04 bits per heavy atom. The molecule has 0 bridgehead atoms. The molecule has 8 heteroatoms. The summed E-state index contributed by atoms with van der Waals surface area (Å²) in [7, 11) is 0. The van der Waals surface area contributed by atoms with E-state index in [0.717, 1.165) is 22.7 Å². The quantitative estimate of drug-likeness (QED) is 0.549. The van der Waals surface area contributed by atoms with Gasteiger partial charge in [0.2, 0.25) is 5.91 Å². The van der Waals surface area contributed by atoms with Crippen LogP contribution in [0.2, 0.25) is 5.02 Å². The van der Waals surface area contributed by atoms with Gasteiger partial charge in [0, 0.05) is 16.3 Å². The van der Waals surface area contributed by atoms with Crippen LogP contribution in [0.5, 0.6) is 0 Å². The molecule has 28 heavy (non-hydrogen) atoms. The molecule has 0 aliphatic heterocycles. The van der Waals surface area contributed by atoms with Gasteiger partial charge in [-0.15, -0.1) is 0 Å². The molecule has 2 aromatic heterocycles. The number of benzene rings is 2. The van der Waals surface area contributed by atoms with E-state index in [0.29, 0.717) is 26.6 Å². The van der Waals surface area contributed by atoms with Gasteiger partial charge in [-0.1, -0.05) is 41.4 Å². The Morgan fingerprint density at radius 3 is 2.82 bits per heavy atom. The zero-order chi connectivity index (χ0) is 19.7. The first-order chi connectivity index (χ1) is 13.5. The maximum absolute atomic E-state index is 12.8. The first-order valence-corrected chi connectivity index (χ1v) is 9.64. The minimum absolute atomic E-state index is 0.147. The predicted molar refractivity (Wildman–Crippen MR) is 112 cm³/mol. The van der Waals surface area contributed by atoms with Crippen molar-refractivity contribution < 1.29 is 4.79 Å². The molecule has 0 saturated heterocycles. The van der Waals surface area contributed by atoms with Crippen LogP contribution in [-0.4, -0.2) is 19.8 Å². The van der Waals surface area contributed by atoms with Crippen molar-refractivity contribution in [2.24, 2.45) is 0 Å². The highest BCUT2D eigenvalue weighted by atomic mass is 35.5. The van der Waals surface area contributed by atoms with Gasteiger partial charge in [0.05, 0.1) is 6.33 Å². The maximum Gasteiger partial charge on any atom is 0.273 e. The van der Waals surface area contributed by atoms with Crippen molar-refractivity contribution in [3.8, 4) is 11.3 Å². The zero-order valence-electron chi connectivity index (χ0n) is 14.8. The standard InChI is InChI=1S/C20H15ClN4O2S/c1-12-4-2-5-13(8-12)17-18-19(28-24-17)20(27)25(11-22-18)10-16(26)23-15-7-3-6-14(21)9-15/h2-9,11H,10H2,1H3,(H,23,26). The molecule has 2 aromatic carbocycles. The fourth-order valence-corrected chi connectivity index (χ4v) is 3.87. The number of anilines is 1. The van der Waals surface area contributed by atoms with E-state index < -0.39 is 0 Å². The molecule has 0 fully saturated rings. The molecule has 6 nitrogen and oxygen atoms in total. The van der Waals surface area contributed by atoms with E-state index in [1.807, 2.05) is 31.2 Å². The van der Waals surface area contributed by atoms with Crippen molar-refractivity contribution in [3.05, 3.63) is 75.8 Å². The highest BCUT2D eigenvalue weighted by molar-refractivity contribution is 7.13. The fourth-order valence-electron chi connectivity index (χ4n) is 2.87. The van der Waals surface area contributed by atoms with Gasteiger partial charge in [0.15, 0.2) is 0 Å². The number of aryl methyl sites for hydroxylation is 1. The number of carbonyl (C=O) groups is 1. The molecule has 0 saturated carbocycles. The third-order valence-corrected chi connectivity index (χ3v) is 5.22. The van der Waals surface area contributed by atoms with Gasteiger partial charge in [-0.05, 0) is 42.7 Å². The van der Waals surface area contributed by atoms with E-state index in [2.05, 4.69) is 14.7 Å². The molecule has 4 rings (SSSR count). The summed E-state index contributed by atoms with van der Waals surface area (Å²) in [6.45, 7) is 1.85. The minimum Gasteiger partial charge on any atom is -0.324 e. The smallest absolute Gasteiger partial charge is 0.273 e. The zero-order valence-corrected chi connectivity index (χ0v) is 16.4. The summed E-state index contributed by atoms with van der Waals surface area (Å²) in [5.41, 5.74) is 3.52. The highest BCUT2D eigenvalue weighted by Crippen LogP contribution is 2.27. The van der Waals surface area contributed by atoms with Crippen LogP contribution in [-0.2, 0) is 11.3 Å². The SMILES string of the molecule is Cc1cccc(-c2nsc3c(=O)n(CC(=O)Nc4cccc(Cl)c4)cnc23)c1. The molecule has 4 aromatic rings. The van der Waals surface area contributed by atoms with Crippen LogP contribution < -0.4 is 10.9 Å². The van der Waals surface area contributed by atoms with E-state index in [1.165, 1.54) is 10.9 Å². The van der Waals surface area contributed by atoms with Gasteiger partial charge < -0.3 is 5.32 Å². The van der Waals surface area contributed by atoms with Crippen LogP contribution in [0.1, 0.15) is 5.56 Å². The summed E-state index contributed by atoms with van der Waals surface area (Å²) < 4.78 is 6.12. The highest BCUT2D eigenvalue weighted by Gasteiger charge is 2.15. The molecule has 0 radical (unpaired) electrons.